The molecule has 128 valence electrons. The summed E-state index contributed by atoms with van der Waals surface area (Å²) in [6.07, 6.45) is 2.49. The zero-order valence-corrected chi connectivity index (χ0v) is 15.2. The fourth-order valence-corrected chi connectivity index (χ4v) is 3.60. The van der Waals surface area contributed by atoms with Crippen molar-refractivity contribution >= 4 is 46.2 Å². The number of carbonyl (C=O) groups excluding carboxylic acids is 1. The quantitative estimate of drug-likeness (QED) is 0.763. The second-order valence-electron chi connectivity index (χ2n) is 5.50. The SMILES string of the molecule is CCCN1C(=O)/C(=C\c2cc(Cl)ccc2O)SC1=Nc1ccccc1. The van der Waals surface area contributed by atoms with E-state index in [0.29, 0.717) is 27.2 Å². The maximum atomic E-state index is 12.7. The normalized spacial score (nSPS) is 17.7. The molecular weight excluding hydrogens is 356 g/mol. The Kier molecular flexibility index (Phi) is 5.46. The van der Waals surface area contributed by atoms with Crippen LogP contribution in [0.3, 0.4) is 0 Å². The van der Waals surface area contributed by atoms with E-state index < -0.39 is 0 Å². The third kappa shape index (κ3) is 4.06. The monoisotopic (exact) mass is 372 g/mol. The van der Waals surface area contributed by atoms with Crippen molar-refractivity contribution in [3.63, 3.8) is 0 Å². The lowest BCUT2D eigenvalue weighted by Crippen LogP contribution is -2.29. The molecule has 6 heteroatoms. The van der Waals surface area contributed by atoms with Gasteiger partial charge in [0.1, 0.15) is 5.75 Å². The Morgan fingerprint density at radius 3 is 2.72 bits per heavy atom. The Morgan fingerprint density at radius 1 is 1.24 bits per heavy atom. The molecule has 1 amide bonds. The summed E-state index contributed by atoms with van der Waals surface area (Å²) < 4.78 is 0. The van der Waals surface area contributed by atoms with Gasteiger partial charge in [-0.3, -0.25) is 9.69 Å². The number of hydrogen-bond acceptors (Lipinski definition) is 4. The molecule has 0 saturated carbocycles. The lowest BCUT2D eigenvalue weighted by molar-refractivity contribution is -0.122. The molecule has 1 heterocycles. The molecule has 2 aromatic carbocycles. The molecule has 0 bridgehead atoms. The maximum absolute atomic E-state index is 12.7. The summed E-state index contributed by atoms with van der Waals surface area (Å²) in [6, 6.07) is 14.3. The second kappa shape index (κ2) is 7.76. The molecule has 1 aliphatic rings. The van der Waals surface area contributed by atoms with E-state index in [-0.39, 0.29) is 11.7 Å². The van der Waals surface area contributed by atoms with Crippen molar-refractivity contribution in [2.45, 2.75) is 13.3 Å². The van der Waals surface area contributed by atoms with Gasteiger partial charge in [0.2, 0.25) is 0 Å². The van der Waals surface area contributed by atoms with Gasteiger partial charge in [0.15, 0.2) is 5.17 Å². The fourth-order valence-electron chi connectivity index (χ4n) is 2.41. The summed E-state index contributed by atoms with van der Waals surface area (Å²) in [5.74, 6) is -0.0262. The lowest BCUT2D eigenvalue weighted by Gasteiger charge is -2.13. The minimum atomic E-state index is -0.110. The van der Waals surface area contributed by atoms with E-state index in [2.05, 4.69) is 4.99 Å². The van der Waals surface area contributed by atoms with Gasteiger partial charge in [-0.15, -0.1) is 0 Å². The Labute approximate surface area is 155 Å². The molecule has 1 N–H and O–H groups in total. The van der Waals surface area contributed by atoms with Gasteiger partial charge in [0.25, 0.3) is 5.91 Å². The van der Waals surface area contributed by atoms with Crippen molar-refractivity contribution in [2.75, 3.05) is 6.54 Å². The average Bonchev–Trinajstić information content (AvgIpc) is 2.88. The Bertz CT molecular complexity index is 850. The van der Waals surface area contributed by atoms with Crippen LogP contribution in [-0.2, 0) is 4.79 Å². The number of benzene rings is 2. The highest BCUT2D eigenvalue weighted by Gasteiger charge is 2.32. The molecule has 0 radical (unpaired) electrons. The van der Waals surface area contributed by atoms with Gasteiger partial charge in [-0.25, -0.2) is 4.99 Å². The van der Waals surface area contributed by atoms with Crippen molar-refractivity contribution in [3.05, 3.63) is 64.0 Å². The van der Waals surface area contributed by atoms with E-state index in [0.717, 1.165) is 12.1 Å². The predicted octanol–water partition coefficient (Wildman–Crippen LogP) is 5.06. The van der Waals surface area contributed by atoms with Gasteiger partial charge in [-0.05, 0) is 54.6 Å². The molecule has 1 saturated heterocycles. The van der Waals surface area contributed by atoms with Crippen LogP contribution in [0.2, 0.25) is 5.02 Å². The van der Waals surface area contributed by atoms with Crippen LogP contribution in [-0.4, -0.2) is 27.6 Å². The first-order chi connectivity index (χ1) is 12.1. The predicted molar refractivity (Wildman–Crippen MR) is 104 cm³/mol. The highest BCUT2D eigenvalue weighted by Crippen LogP contribution is 2.35. The summed E-state index contributed by atoms with van der Waals surface area (Å²) >= 11 is 7.29. The minimum Gasteiger partial charge on any atom is -0.507 e. The smallest absolute Gasteiger partial charge is 0.266 e. The summed E-state index contributed by atoms with van der Waals surface area (Å²) in [4.78, 5) is 19.5. The van der Waals surface area contributed by atoms with Crippen LogP contribution in [0.15, 0.2) is 58.4 Å². The topological polar surface area (TPSA) is 52.9 Å². The standard InChI is InChI=1S/C19H17ClN2O2S/c1-2-10-22-18(24)17(12-13-11-14(20)8-9-16(13)23)25-19(22)21-15-6-4-3-5-7-15/h3-9,11-12,23H,2,10H2,1H3/b17-12+,21-19?. The van der Waals surface area contributed by atoms with Crippen molar-refractivity contribution < 1.29 is 9.90 Å². The third-order valence-electron chi connectivity index (χ3n) is 3.59. The number of carbonyl (C=O) groups is 1. The van der Waals surface area contributed by atoms with E-state index in [9.17, 15) is 9.90 Å². The first-order valence-corrected chi connectivity index (χ1v) is 9.11. The van der Waals surface area contributed by atoms with Crippen molar-refractivity contribution in [3.8, 4) is 5.75 Å². The number of phenols is 1. The molecule has 25 heavy (non-hydrogen) atoms. The van der Waals surface area contributed by atoms with Crippen LogP contribution in [0.25, 0.3) is 6.08 Å². The van der Waals surface area contributed by atoms with Crippen LogP contribution >= 0.6 is 23.4 Å². The minimum absolute atomic E-state index is 0.0841. The highest BCUT2D eigenvalue weighted by atomic mass is 35.5. The Balaban J connectivity index is 1.97. The van der Waals surface area contributed by atoms with Crippen molar-refractivity contribution in [1.29, 1.82) is 0 Å². The lowest BCUT2D eigenvalue weighted by atomic mass is 10.2. The van der Waals surface area contributed by atoms with Gasteiger partial charge in [0.05, 0.1) is 10.6 Å². The number of amidine groups is 1. The average molecular weight is 373 g/mol. The number of aromatic hydroxyl groups is 1. The molecule has 0 unspecified atom stereocenters. The summed E-state index contributed by atoms with van der Waals surface area (Å²) in [5, 5.41) is 11.1. The molecule has 1 aliphatic heterocycles. The number of phenolic OH excluding ortho intramolecular Hbond substituents is 1. The first kappa shape index (κ1) is 17.6. The summed E-state index contributed by atoms with van der Waals surface area (Å²) in [5.41, 5.74) is 1.31. The number of aliphatic imine (C=N–C) groups is 1. The van der Waals surface area contributed by atoms with Gasteiger partial charge in [-0.1, -0.05) is 36.7 Å². The van der Waals surface area contributed by atoms with Crippen molar-refractivity contribution in [2.24, 2.45) is 4.99 Å². The number of para-hydroxylation sites is 1. The molecule has 4 nitrogen and oxygen atoms in total. The van der Waals surface area contributed by atoms with Crippen LogP contribution in [0.5, 0.6) is 5.75 Å². The molecule has 1 fully saturated rings. The van der Waals surface area contributed by atoms with E-state index in [4.69, 9.17) is 11.6 Å². The van der Waals surface area contributed by atoms with E-state index in [1.807, 2.05) is 37.3 Å². The Morgan fingerprint density at radius 2 is 2.00 bits per heavy atom. The highest BCUT2D eigenvalue weighted by molar-refractivity contribution is 8.18. The zero-order chi connectivity index (χ0) is 17.8. The molecule has 0 aliphatic carbocycles. The van der Waals surface area contributed by atoms with Crippen LogP contribution in [0.1, 0.15) is 18.9 Å². The molecule has 0 atom stereocenters. The second-order valence-corrected chi connectivity index (χ2v) is 6.95. The number of amides is 1. The number of hydrogen-bond donors (Lipinski definition) is 1. The zero-order valence-electron chi connectivity index (χ0n) is 13.6. The van der Waals surface area contributed by atoms with Gasteiger partial charge >= 0.3 is 0 Å². The Hall–Kier alpha value is -2.24. The third-order valence-corrected chi connectivity index (χ3v) is 4.83. The first-order valence-electron chi connectivity index (χ1n) is 7.92. The molecule has 3 rings (SSSR count). The molecule has 2 aromatic rings. The fraction of sp³-hybridized carbons (Fsp3) is 0.158. The molecule has 0 aromatic heterocycles. The summed E-state index contributed by atoms with van der Waals surface area (Å²) in [6.45, 7) is 2.61. The van der Waals surface area contributed by atoms with E-state index in [1.54, 1.807) is 23.1 Å². The van der Waals surface area contributed by atoms with Crippen LogP contribution in [0.4, 0.5) is 5.69 Å². The van der Waals surface area contributed by atoms with Crippen molar-refractivity contribution in [1.82, 2.24) is 4.90 Å². The van der Waals surface area contributed by atoms with Crippen LogP contribution < -0.4 is 0 Å². The number of rotatable bonds is 4. The van der Waals surface area contributed by atoms with E-state index in [1.165, 1.54) is 17.8 Å². The summed E-state index contributed by atoms with van der Waals surface area (Å²) in [7, 11) is 0. The number of thioether (sulfide) groups is 1. The molecule has 0 spiro atoms. The van der Waals surface area contributed by atoms with Crippen LogP contribution in [0, 0.1) is 0 Å². The van der Waals surface area contributed by atoms with Gasteiger partial charge in [-0.2, -0.15) is 0 Å². The van der Waals surface area contributed by atoms with E-state index >= 15 is 0 Å². The molecular formula is C19H17ClN2O2S. The van der Waals surface area contributed by atoms with Gasteiger partial charge in [0, 0.05) is 17.1 Å². The number of halogens is 1. The maximum Gasteiger partial charge on any atom is 0.266 e. The number of nitrogens with zero attached hydrogens (tertiary/aromatic N) is 2. The van der Waals surface area contributed by atoms with Gasteiger partial charge < -0.3 is 5.11 Å². The largest absolute Gasteiger partial charge is 0.507 e.